The molecule has 0 atom stereocenters. The van der Waals surface area contributed by atoms with Crippen molar-refractivity contribution in [3.63, 3.8) is 0 Å². The Morgan fingerprint density at radius 3 is 2.46 bits per heavy atom. The monoisotopic (exact) mass is 328 g/mol. The first kappa shape index (κ1) is 16.4. The Morgan fingerprint density at radius 2 is 1.83 bits per heavy atom. The van der Waals surface area contributed by atoms with Crippen molar-refractivity contribution in [2.24, 2.45) is 0 Å². The van der Waals surface area contributed by atoms with E-state index in [0.717, 1.165) is 43.9 Å². The topological polar surface area (TPSA) is 66.3 Å². The zero-order chi connectivity index (χ0) is 16.8. The van der Waals surface area contributed by atoms with E-state index in [9.17, 15) is 4.79 Å². The normalized spacial score (nSPS) is 15.5. The van der Waals surface area contributed by atoms with Gasteiger partial charge in [-0.15, -0.1) is 0 Å². The van der Waals surface area contributed by atoms with E-state index in [4.69, 9.17) is 0 Å². The van der Waals surface area contributed by atoms with Gasteiger partial charge in [-0.2, -0.15) is 5.10 Å². The smallest absolute Gasteiger partial charge is 0.317 e. The fraction of sp³-hybridized carbons (Fsp3) is 0.471. The fourth-order valence-electron chi connectivity index (χ4n) is 2.82. The summed E-state index contributed by atoms with van der Waals surface area (Å²) < 4.78 is 1.78. The highest BCUT2D eigenvalue weighted by Crippen LogP contribution is 2.07. The summed E-state index contributed by atoms with van der Waals surface area (Å²) in [5.74, 6) is 0. The second-order valence-corrected chi connectivity index (χ2v) is 5.99. The molecule has 0 radical (unpaired) electrons. The zero-order valence-corrected chi connectivity index (χ0v) is 14.1. The van der Waals surface area contributed by atoms with Crippen molar-refractivity contribution >= 4 is 6.03 Å². The Bertz CT molecular complexity index is 632. The van der Waals surface area contributed by atoms with Gasteiger partial charge in [-0.1, -0.05) is 31.2 Å². The van der Waals surface area contributed by atoms with Crippen molar-refractivity contribution in [1.82, 2.24) is 29.9 Å². The number of rotatable bonds is 5. The van der Waals surface area contributed by atoms with Crippen LogP contribution in [0.2, 0.25) is 0 Å². The number of amides is 2. The van der Waals surface area contributed by atoms with Gasteiger partial charge < -0.3 is 15.1 Å². The first-order chi connectivity index (χ1) is 11.7. The third-order valence-corrected chi connectivity index (χ3v) is 4.38. The summed E-state index contributed by atoms with van der Waals surface area (Å²) in [7, 11) is 0. The van der Waals surface area contributed by atoms with E-state index in [1.54, 1.807) is 11.0 Å². The van der Waals surface area contributed by atoms with Gasteiger partial charge in [-0.05, 0) is 17.7 Å². The van der Waals surface area contributed by atoms with Crippen molar-refractivity contribution in [3.05, 3.63) is 48.0 Å². The Morgan fingerprint density at radius 1 is 1.12 bits per heavy atom. The molecule has 2 aromatic rings. The molecule has 1 aliphatic heterocycles. The highest BCUT2D eigenvalue weighted by Gasteiger charge is 2.19. The van der Waals surface area contributed by atoms with Gasteiger partial charge in [-0.3, -0.25) is 0 Å². The van der Waals surface area contributed by atoms with Gasteiger partial charge in [0.25, 0.3) is 0 Å². The number of hydrogen-bond donors (Lipinski definition) is 1. The van der Waals surface area contributed by atoms with Crippen LogP contribution in [0, 0.1) is 0 Å². The maximum atomic E-state index is 12.2. The summed E-state index contributed by atoms with van der Waals surface area (Å²) in [5.41, 5.74) is 2.25. The molecule has 1 aromatic carbocycles. The van der Waals surface area contributed by atoms with Crippen molar-refractivity contribution in [3.8, 4) is 0 Å². The molecule has 1 saturated heterocycles. The molecule has 7 heteroatoms. The number of nitrogens with zero attached hydrogens (tertiary/aromatic N) is 5. The summed E-state index contributed by atoms with van der Waals surface area (Å²) in [5, 5.41) is 7.10. The number of nitrogens with one attached hydrogen (secondary N) is 1. The van der Waals surface area contributed by atoms with Crippen LogP contribution in [0.1, 0.15) is 18.1 Å². The van der Waals surface area contributed by atoms with Crippen LogP contribution >= 0.6 is 0 Å². The molecule has 128 valence electrons. The maximum absolute atomic E-state index is 12.2. The largest absolute Gasteiger partial charge is 0.334 e. The SMILES string of the molecule is CCN1CCN(C(=O)NCc2ccc(Cn3cncn3)cc2)CC1. The first-order valence-corrected chi connectivity index (χ1v) is 8.40. The van der Waals surface area contributed by atoms with Crippen LogP contribution in [0.4, 0.5) is 4.79 Å². The fourth-order valence-corrected chi connectivity index (χ4v) is 2.82. The van der Waals surface area contributed by atoms with E-state index in [1.165, 1.54) is 6.33 Å². The Labute approximate surface area is 142 Å². The molecule has 0 spiro atoms. The number of aromatic nitrogens is 3. The molecule has 24 heavy (non-hydrogen) atoms. The predicted molar refractivity (Wildman–Crippen MR) is 91.5 cm³/mol. The summed E-state index contributed by atoms with van der Waals surface area (Å²) in [4.78, 5) is 20.4. The van der Waals surface area contributed by atoms with Crippen LogP contribution < -0.4 is 5.32 Å². The zero-order valence-electron chi connectivity index (χ0n) is 14.1. The van der Waals surface area contributed by atoms with Gasteiger partial charge in [0, 0.05) is 32.7 Å². The van der Waals surface area contributed by atoms with Crippen molar-refractivity contribution in [2.45, 2.75) is 20.0 Å². The van der Waals surface area contributed by atoms with E-state index in [1.807, 2.05) is 17.0 Å². The lowest BCUT2D eigenvalue weighted by atomic mass is 10.1. The molecular formula is C17H24N6O. The molecule has 1 N–H and O–H groups in total. The molecule has 0 unspecified atom stereocenters. The number of hydrogen-bond acceptors (Lipinski definition) is 4. The summed E-state index contributed by atoms with van der Waals surface area (Å²) in [6.07, 6.45) is 3.23. The van der Waals surface area contributed by atoms with Crippen LogP contribution in [0.25, 0.3) is 0 Å². The highest BCUT2D eigenvalue weighted by atomic mass is 16.2. The van der Waals surface area contributed by atoms with Crippen LogP contribution in [0.3, 0.4) is 0 Å². The minimum atomic E-state index is 0.0254. The lowest BCUT2D eigenvalue weighted by Gasteiger charge is -2.34. The minimum Gasteiger partial charge on any atom is -0.334 e. The van der Waals surface area contributed by atoms with E-state index >= 15 is 0 Å². The standard InChI is InChI=1S/C17H24N6O/c1-2-21-7-9-22(10-8-21)17(24)19-11-15-3-5-16(6-4-15)12-23-14-18-13-20-23/h3-6,13-14H,2,7-12H2,1H3,(H,19,24). The van der Waals surface area contributed by atoms with Gasteiger partial charge in [0.05, 0.1) is 6.54 Å². The van der Waals surface area contributed by atoms with Crippen LogP contribution in [0.15, 0.2) is 36.9 Å². The quantitative estimate of drug-likeness (QED) is 0.895. The van der Waals surface area contributed by atoms with Gasteiger partial charge >= 0.3 is 6.03 Å². The average molecular weight is 328 g/mol. The van der Waals surface area contributed by atoms with Gasteiger partial charge in [0.1, 0.15) is 12.7 Å². The molecule has 0 saturated carbocycles. The summed E-state index contributed by atoms with van der Waals surface area (Å²) in [6, 6.07) is 8.23. The van der Waals surface area contributed by atoms with Crippen LogP contribution in [-0.2, 0) is 13.1 Å². The number of carbonyl (C=O) groups is 1. The molecule has 2 amide bonds. The number of benzene rings is 1. The van der Waals surface area contributed by atoms with Crippen molar-refractivity contribution in [1.29, 1.82) is 0 Å². The lowest BCUT2D eigenvalue weighted by molar-refractivity contribution is 0.142. The average Bonchev–Trinajstić information content (AvgIpc) is 3.14. The molecule has 0 aliphatic carbocycles. The molecule has 1 aliphatic rings. The molecule has 1 fully saturated rings. The molecule has 2 heterocycles. The van der Waals surface area contributed by atoms with E-state index in [2.05, 4.69) is 39.4 Å². The van der Waals surface area contributed by atoms with Crippen LogP contribution in [0.5, 0.6) is 0 Å². The van der Waals surface area contributed by atoms with Crippen molar-refractivity contribution in [2.75, 3.05) is 32.7 Å². The Kier molecular flexibility index (Phi) is 5.43. The second kappa shape index (κ2) is 7.92. The van der Waals surface area contributed by atoms with Gasteiger partial charge in [-0.25, -0.2) is 14.5 Å². The third-order valence-electron chi connectivity index (χ3n) is 4.38. The molecule has 1 aromatic heterocycles. The molecule has 7 nitrogen and oxygen atoms in total. The molecule has 0 bridgehead atoms. The number of urea groups is 1. The Hall–Kier alpha value is -2.41. The van der Waals surface area contributed by atoms with E-state index in [0.29, 0.717) is 13.1 Å². The van der Waals surface area contributed by atoms with Crippen molar-refractivity contribution < 1.29 is 4.79 Å². The number of likely N-dealkylation sites (N-methyl/N-ethyl adjacent to an activating group) is 1. The van der Waals surface area contributed by atoms with E-state index < -0.39 is 0 Å². The molecule has 3 rings (SSSR count). The maximum Gasteiger partial charge on any atom is 0.317 e. The lowest BCUT2D eigenvalue weighted by Crippen LogP contribution is -2.51. The second-order valence-electron chi connectivity index (χ2n) is 5.99. The predicted octanol–water partition coefficient (Wildman–Crippen LogP) is 1.17. The summed E-state index contributed by atoms with van der Waals surface area (Å²) in [6.45, 7) is 7.98. The van der Waals surface area contributed by atoms with E-state index in [-0.39, 0.29) is 6.03 Å². The first-order valence-electron chi connectivity index (χ1n) is 8.40. The third kappa shape index (κ3) is 4.32. The molecular weight excluding hydrogens is 304 g/mol. The van der Waals surface area contributed by atoms with Crippen LogP contribution in [-0.4, -0.2) is 63.3 Å². The highest BCUT2D eigenvalue weighted by molar-refractivity contribution is 5.74. The Balaban J connectivity index is 1.45. The van der Waals surface area contributed by atoms with Gasteiger partial charge in [0.15, 0.2) is 0 Å². The minimum absolute atomic E-state index is 0.0254. The number of carbonyl (C=O) groups excluding carboxylic acids is 1. The summed E-state index contributed by atoms with van der Waals surface area (Å²) >= 11 is 0. The van der Waals surface area contributed by atoms with Gasteiger partial charge in [0.2, 0.25) is 0 Å². The number of piperazine rings is 1.